The van der Waals surface area contributed by atoms with Gasteiger partial charge in [0.1, 0.15) is 6.61 Å². The van der Waals surface area contributed by atoms with Gasteiger partial charge in [-0.25, -0.2) is 0 Å². The van der Waals surface area contributed by atoms with Crippen molar-refractivity contribution in [2.24, 2.45) is 5.41 Å². The van der Waals surface area contributed by atoms with E-state index in [-0.39, 0.29) is 18.6 Å². The van der Waals surface area contributed by atoms with Gasteiger partial charge in [0.2, 0.25) is 0 Å². The van der Waals surface area contributed by atoms with E-state index in [4.69, 9.17) is 0 Å². The second kappa shape index (κ2) is 7.12. The third-order valence-electron chi connectivity index (χ3n) is 3.10. The monoisotopic (exact) mass is 242 g/mol. The Morgan fingerprint density at radius 2 is 1.69 bits per heavy atom. The normalized spacial score (nSPS) is 13.1. The van der Waals surface area contributed by atoms with Gasteiger partial charge < -0.3 is 9.84 Å². The van der Waals surface area contributed by atoms with Crippen LogP contribution in [0.25, 0.3) is 0 Å². The minimum absolute atomic E-state index is 0.0826. The molecule has 16 heavy (non-hydrogen) atoms. The molecule has 1 N–H and O–H groups in total. The van der Waals surface area contributed by atoms with Gasteiger partial charge in [-0.3, -0.25) is 0 Å². The van der Waals surface area contributed by atoms with Gasteiger partial charge in [-0.05, 0) is 31.1 Å². The Morgan fingerprint density at radius 3 is 2.06 bits per heavy atom. The van der Waals surface area contributed by atoms with Crippen LogP contribution in [0.5, 0.6) is 0 Å². The summed E-state index contributed by atoms with van der Waals surface area (Å²) in [6.07, 6.45) is -1.32. The summed E-state index contributed by atoms with van der Waals surface area (Å²) in [4.78, 5) is 0. The molecule has 0 saturated carbocycles. The molecule has 98 valence electrons. The van der Waals surface area contributed by atoms with E-state index in [0.717, 1.165) is 12.8 Å². The van der Waals surface area contributed by atoms with Crippen molar-refractivity contribution in [3.63, 3.8) is 0 Å². The van der Waals surface area contributed by atoms with Gasteiger partial charge in [-0.1, -0.05) is 13.8 Å². The Hall–Kier alpha value is -0.290. The minimum Gasteiger partial charge on any atom is -0.396 e. The smallest absolute Gasteiger partial charge is 0.396 e. The van der Waals surface area contributed by atoms with Crippen molar-refractivity contribution in [2.75, 3.05) is 19.8 Å². The van der Waals surface area contributed by atoms with E-state index in [2.05, 4.69) is 4.74 Å². The molecule has 0 unspecified atom stereocenters. The molecule has 0 fully saturated rings. The lowest BCUT2D eigenvalue weighted by Crippen LogP contribution is -2.24. The van der Waals surface area contributed by atoms with Crippen LogP contribution in [0.4, 0.5) is 13.2 Å². The predicted molar refractivity (Wildman–Crippen MR) is 56.2 cm³/mol. The van der Waals surface area contributed by atoms with E-state index in [1.54, 1.807) is 0 Å². The van der Waals surface area contributed by atoms with Gasteiger partial charge in [0.25, 0.3) is 0 Å². The zero-order valence-electron chi connectivity index (χ0n) is 9.94. The molecule has 0 aromatic carbocycles. The standard InChI is InChI=1S/C11H21F3O2/c1-3-10(4-2,8-15)6-5-7-16-9-11(12,13)14/h15H,3-9H2,1-2H3. The molecule has 0 aliphatic rings. The highest BCUT2D eigenvalue weighted by molar-refractivity contribution is 4.75. The number of aliphatic hydroxyl groups is 1. The van der Waals surface area contributed by atoms with Crippen LogP contribution in [0.2, 0.25) is 0 Å². The van der Waals surface area contributed by atoms with Crippen molar-refractivity contribution in [1.82, 2.24) is 0 Å². The minimum atomic E-state index is -4.25. The van der Waals surface area contributed by atoms with Gasteiger partial charge in [0.15, 0.2) is 0 Å². The van der Waals surface area contributed by atoms with E-state index < -0.39 is 12.8 Å². The summed E-state index contributed by atoms with van der Waals surface area (Å²) in [5, 5.41) is 9.24. The van der Waals surface area contributed by atoms with E-state index >= 15 is 0 Å². The number of rotatable bonds is 8. The molecule has 0 radical (unpaired) electrons. The number of ether oxygens (including phenoxy) is 1. The molecule has 0 aliphatic heterocycles. The summed E-state index contributed by atoms with van der Waals surface area (Å²) in [6, 6.07) is 0. The largest absolute Gasteiger partial charge is 0.411 e. The highest BCUT2D eigenvalue weighted by atomic mass is 19.4. The maximum atomic E-state index is 11.8. The van der Waals surface area contributed by atoms with E-state index in [1.807, 2.05) is 13.8 Å². The summed E-state index contributed by atoms with van der Waals surface area (Å²) in [7, 11) is 0. The molecule has 0 aromatic rings. The summed E-state index contributed by atoms with van der Waals surface area (Å²) < 4.78 is 39.8. The summed E-state index contributed by atoms with van der Waals surface area (Å²) in [5.41, 5.74) is -0.151. The summed E-state index contributed by atoms with van der Waals surface area (Å²) in [5.74, 6) is 0. The second-order valence-electron chi connectivity index (χ2n) is 4.14. The third-order valence-corrected chi connectivity index (χ3v) is 3.10. The van der Waals surface area contributed by atoms with Crippen molar-refractivity contribution in [1.29, 1.82) is 0 Å². The zero-order valence-corrected chi connectivity index (χ0v) is 9.94. The SMILES string of the molecule is CCC(CC)(CO)CCCOCC(F)(F)F. The van der Waals surface area contributed by atoms with Gasteiger partial charge in [0.05, 0.1) is 0 Å². The number of hydrogen-bond donors (Lipinski definition) is 1. The molecule has 0 saturated heterocycles. The fourth-order valence-electron chi connectivity index (χ4n) is 1.64. The van der Waals surface area contributed by atoms with Crippen LogP contribution in [0.15, 0.2) is 0 Å². The van der Waals surface area contributed by atoms with E-state index in [1.165, 1.54) is 0 Å². The number of halogens is 3. The van der Waals surface area contributed by atoms with Crippen LogP contribution < -0.4 is 0 Å². The average molecular weight is 242 g/mol. The Labute approximate surface area is 94.8 Å². The molecule has 0 spiro atoms. The molecule has 2 nitrogen and oxygen atoms in total. The Bertz CT molecular complexity index is 168. The number of hydrogen-bond acceptors (Lipinski definition) is 2. The van der Waals surface area contributed by atoms with Gasteiger partial charge >= 0.3 is 6.18 Å². The van der Waals surface area contributed by atoms with Crippen molar-refractivity contribution < 1.29 is 23.0 Å². The molecule has 5 heteroatoms. The topological polar surface area (TPSA) is 29.5 Å². The molecule has 0 rings (SSSR count). The van der Waals surface area contributed by atoms with Crippen LogP contribution in [0.3, 0.4) is 0 Å². The van der Waals surface area contributed by atoms with Crippen LogP contribution in [-0.4, -0.2) is 31.1 Å². The van der Waals surface area contributed by atoms with Gasteiger partial charge in [-0.2, -0.15) is 13.2 Å². The molecule has 0 heterocycles. The maximum absolute atomic E-state index is 11.8. The fourth-order valence-corrected chi connectivity index (χ4v) is 1.64. The van der Waals surface area contributed by atoms with Crippen LogP contribution >= 0.6 is 0 Å². The number of aliphatic hydroxyl groups excluding tert-OH is 1. The zero-order chi connectivity index (χ0) is 12.7. The third kappa shape index (κ3) is 6.33. The first kappa shape index (κ1) is 15.7. The summed E-state index contributed by atoms with van der Waals surface area (Å²) >= 11 is 0. The first-order valence-electron chi connectivity index (χ1n) is 5.64. The molecular weight excluding hydrogens is 221 g/mol. The summed E-state index contributed by atoms with van der Waals surface area (Å²) in [6.45, 7) is 2.96. The highest BCUT2D eigenvalue weighted by Crippen LogP contribution is 2.31. The molecule has 0 amide bonds. The van der Waals surface area contributed by atoms with Crippen molar-refractivity contribution in [2.45, 2.75) is 45.7 Å². The van der Waals surface area contributed by atoms with Crippen LogP contribution in [-0.2, 0) is 4.74 Å². The van der Waals surface area contributed by atoms with Crippen molar-refractivity contribution in [3.05, 3.63) is 0 Å². The molecule has 0 aliphatic carbocycles. The molecule has 0 aromatic heterocycles. The van der Waals surface area contributed by atoms with E-state index in [0.29, 0.717) is 12.8 Å². The lowest BCUT2D eigenvalue weighted by molar-refractivity contribution is -0.174. The number of alkyl halides is 3. The lowest BCUT2D eigenvalue weighted by atomic mass is 9.79. The lowest BCUT2D eigenvalue weighted by Gasteiger charge is -2.29. The van der Waals surface area contributed by atoms with Crippen molar-refractivity contribution in [3.8, 4) is 0 Å². The quantitative estimate of drug-likeness (QED) is 0.662. The first-order valence-corrected chi connectivity index (χ1v) is 5.64. The fraction of sp³-hybridized carbons (Fsp3) is 1.00. The molecular formula is C11H21F3O2. The Morgan fingerprint density at radius 1 is 1.12 bits per heavy atom. The van der Waals surface area contributed by atoms with Crippen molar-refractivity contribution >= 4 is 0 Å². The molecule has 0 atom stereocenters. The maximum Gasteiger partial charge on any atom is 0.411 e. The average Bonchev–Trinajstić information content (AvgIpc) is 2.23. The van der Waals surface area contributed by atoms with Gasteiger partial charge in [0, 0.05) is 13.2 Å². The predicted octanol–water partition coefficient (Wildman–Crippen LogP) is 3.14. The van der Waals surface area contributed by atoms with Gasteiger partial charge in [-0.15, -0.1) is 0 Å². The van der Waals surface area contributed by atoms with Crippen LogP contribution in [0, 0.1) is 5.41 Å². The Kier molecular flexibility index (Phi) is 6.99. The first-order chi connectivity index (χ1) is 7.39. The van der Waals surface area contributed by atoms with E-state index in [9.17, 15) is 18.3 Å². The van der Waals surface area contributed by atoms with Crippen LogP contribution in [0.1, 0.15) is 39.5 Å². The second-order valence-corrected chi connectivity index (χ2v) is 4.14. The highest BCUT2D eigenvalue weighted by Gasteiger charge is 2.28. The Balaban J connectivity index is 3.71. The molecule has 0 bridgehead atoms.